The summed E-state index contributed by atoms with van der Waals surface area (Å²) in [6.45, 7) is 1.89. The van der Waals surface area contributed by atoms with Crippen molar-refractivity contribution in [2.75, 3.05) is 0 Å². The fourth-order valence-electron chi connectivity index (χ4n) is 3.74. The van der Waals surface area contributed by atoms with E-state index in [1.165, 1.54) is 37.3 Å². The fourth-order valence-corrected chi connectivity index (χ4v) is 5.16. The van der Waals surface area contributed by atoms with Gasteiger partial charge >= 0.3 is 18.2 Å². The Hall–Kier alpha value is -3.49. The minimum atomic E-state index is -5.10. The van der Waals surface area contributed by atoms with E-state index in [0.29, 0.717) is 26.5 Å². The average Bonchev–Trinajstić information content (AvgIpc) is 3.16. The molecule has 0 aliphatic rings. The van der Waals surface area contributed by atoms with Crippen LogP contribution in [-0.2, 0) is 6.54 Å². The standard InChI is InChI=1S/C24H17ClF6N2O5S/c1-10-7-13(4-5-14(10)25)37-15-6-3-12(8-16(15)38-24(29,30)31)19-11(2)18-20(35)32-22(36)33(21(18)39-19)9-17(34)23(26,27)28/h3-8,17,34H,9H2,1-2H3,(H,32,35,36)/t17-/m1/s1. The Morgan fingerprint density at radius 2 is 1.74 bits per heavy atom. The predicted molar refractivity (Wildman–Crippen MR) is 132 cm³/mol. The third-order valence-electron chi connectivity index (χ3n) is 5.59. The van der Waals surface area contributed by atoms with E-state index in [1.54, 1.807) is 6.92 Å². The Balaban J connectivity index is 1.85. The molecule has 0 aliphatic heterocycles. The van der Waals surface area contributed by atoms with Crippen LogP contribution in [0.25, 0.3) is 20.7 Å². The van der Waals surface area contributed by atoms with Gasteiger partial charge in [-0.2, -0.15) is 13.2 Å². The van der Waals surface area contributed by atoms with E-state index in [4.69, 9.17) is 16.3 Å². The topological polar surface area (TPSA) is 93.6 Å². The van der Waals surface area contributed by atoms with Crippen molar-refractivity contribution in [3.63, 3.8) is 0 Å². The van der Waals surface area contributed by atoms with Crippen LogP contribution in [0.4, 0.5) is 26.3 Å². The first-order chi connectivity index (χ1) is 18.0. The Morgan fingerprint density at radius 1 is 1.05 bits per heavy atom. The number of aromatic amines is 1. The molecule has 0 spiro atoms. The summed E-state index contributed by atoms with van der Waals surface area (Å²) in [6.07, 6.45) is -13.1. The SMILES string of the molecule is Cc1cc(Oc2ccc(-c3sc4c(c3C)c(=O)[nH]c(=O)n4C[C@@H](O)C(F)(F)F)cc2OC(F)(F)F)ccc1Cl. The lowest BCUT2D eigenvalue weighted by Gasteiger charge is -2.16. The van der Waals surface area contributed by atoms with Crippen LogP contribution in [0.1, 0.15) is 11.1 Å². The number of rotatable bonds is 6. The van der Waals surface area contributed by atoms with Crippen LogP contribution in [0.5, 0.6) is 17.2 Å². The van der Waals surface area contributed by atoms with E-state index >= 15 is 0 Å². The minimum absolute atomic E-state index is 0.0994. The van der Waals surface area contributed by atoms with Crippen molar-refractivity contribution in [1.82, 2.24) is 9.55 Å². The number of hydrogen-bond acceptors (Lipinski definition) is 6. The second-order valence-corrected chi connectivity index (χ2v) is 9.79. The van der Waals surface area contributed by atoms with E-state index < -0.39 is 42.2 Å². The molecule has 2 aromatic carbocycles. The minimum Gasteiger partial charge on any atom is -0.453 e. The smallest absolute Gasteiger partial charge is 0.453 e. The molecule has 2 N–H and O–H groups in total. The summed E-state index contributed by atoms with van der Waals surface area (Å²) in [6, 6.07) is 7.99. The summed E-state index contributed by atoms with van der Waals surface area (Å²) < 4.78 is 88.9. The molecule has 0 radical (unpaired) electrons. The highest BCUT2D eigenvalue weighted by Gasteiger charge is 2.39. The van der Waals surface area contributed by atoms with Crippen molar-refractivity contribution in [1.29, 1.82) is 0 Å². The molecule has 0 aliphatic carbocycles. The molecule has 7 nitrogen and oxygen atoms in total. The summed E-state index contributed by atoms with van der Waals surface area (Å²) in [4.78, 5) is 26.7. The van der Waals surface area contributed by atoms with Gasteiger partial charge in [0.1, 0.15) is 10.6 Å². The Bertz CT molecular complexity index is 1680. The zero-order chi connectivity index (χ0) is 28.9. The first kappa shape index (κ1) is 28.5. The van der Waals surface area contributed by atoms with Gasteiger partial charge in [0.2, 0.25) is 0 Å². The number of aromatic nitrogens is 2. The molecule has 2 heterocycles. The maximum atomic E-state index is 13.2. The maximum Gasteiger partial charge on any atom is 0.573 e. The van der Waals surface area contributed by atoms with E-state index in [2.05, 4.69) is 4.74 Å². The molecule has 4 rings (SSSR count). The van der Waals surface area contributed by atoms with Crippen molar-refractivity contribution >= 4 is 33.2 Å². The first-order valence-electron chi connectivity index (χ1n) is 10.9. The van der Waals surface area contributed by atoms with Crippen LogP contribution in [0.2, 0.25) is 5.02 Å². The summed E-state index contributed by atoms with van der Waals surface area (Å²) in [5.74, 6) is -0.864. The number of thiophene rings is 1. The lowest BCUT2D eigenvalue weighted by molar-refractivity contribution is -0.275. The van der Waals surface area contributed by atoms with Gasteiger partial charge in [0.15, 0.2) is 17.6 Å². The third-order valence-corrected chi connectivity index (χ3v) is 7.38. The van der Waals surface area contributed by atoms with Crippen molar-refractivity contribution in [2.24, 2.45) is 0 Å². The predicted octanol–water partition coefficient (Wildman–Crippen LogP) is 6.30. The van der Waals surface area contributed by atoms with Gasteiger partial charge < -0.3 is 14.6 Å². The Kier molecular flexibility index (Phi) is 7.49. The molecule has 208 valence electrons. The second-order valence-electron chi connectivity index (χ2n) is 8.39. The van der Waals surface area contributed by atoms with Gasteiger partial charge in [0.25, 0.3) is 5.56 Å². The molecule has 0 saturated carbocycles. The monoisotopic (exact) mass is 594 g/mol. The van der Waals surface area contributed by atoms with Gasteiger partial charge in [-0.25, -0.2) is 4.79 Å². The number of hydrogen-bond donors (Lipinski definition) is 2. The quantitative estimate of drug-likeness (QED) is 0.256. The number of benzene rings is 2. The number of alkyl halides is 6. The highest BCUT2D eigenvalue weighted by Crippen LogP contribution is 2.43. The van der Waals surface area contributed by atoms with Gasteiger partial charge in [-0.15, -0.1) is 24.5 Å². The Labute approximate surface area is 223 Å². The number of aryl methyl sites for hydroxylation is 2. The van der Waals surface area contributed by atoms with E-state index in [9.17, 15) is 41.0 Å². The number of H-pyrrole nitrogens is 1. The fraction of sp³-hybridized carbons (Fsp3) is 0.250. The molecule has 2 aromatic heterocycles. The zero-order valence-electron chi connectivity index (χ0n) is 19.8. The van der Waals surface area contributed by atoms with Crippen LogP contribution in [0.15, 0.2) is 46.0 Å². The number of aliphatic hydroxyl groups is 1. The second kappa shape index (κ2) is 10.2. The summed E-state index contributed by atoms with van der Waals surface area (Å²) in [5, 5.41) is 9.76. The highest BCUT2D eigenvalue weighted by atomic mass is 35.5. The summed E-state index contributed by atoms with van der Waals surface area (Å²) >= 11 is 6.67. The molecule has 0 amide bonds. The number of fused-ring (bicyclic) bond motifs is 1. The Morgan fingerprint density at radius 3 is 2.36 bits per heavy atom. The molecular weight excluding hydrogens is 578 g/mol. The van der Waals surface area contributed by atoms with Crippen LogP contribution in [0, 0.1) is 13.8 Å². The number of aliphatic hydroxyl groups excluding tert-OH is 1. The number of ether oxygens (including phenoxy) is 2. The van der Waals surface area contributed by atoms with Gasteiger partial charge in [-0.3, -0.25) is 14.3 Å². The van der Waals surface area contributed by atoms with Crippen LogP contribution in [0.3, 0.4) is 0 Å². The molecule has 39 heavy (non-hydrogen) atoms. The maximum absolute atomic E-state index is 13.2. The first-order valence-corrected chi connectivity index (χ1v) is 12.1. The van der Waals surface area contributed by atoms with Crippen LogP contribution in [-0.4, -0.2) is 33.3 Å². The largest absolute Gasteiger partial charge is 0.573 e. The van der Waals surface area contributed by atoms with Gasteiger partial charge in [-0.1, -0.05) is 11.6 Å². The number of nitrogens with one attached hydrogen (secondary N) is 1. The zero-order valence-corrected chi connectivity index (χ0v) is 21.4. The molecule has 0 bridgehead atoms. The molecule has 1 atom stereocenters. The lowest BCUT2D eigenvalue weighted by Crippen LogP contribution is -2.38. The van der Waals surface area contributed by atoms with Gasteiger partial charge in [-0.05, 0) is 66.9 Å². The molecule has 0 saturated heterocycles. The van der Waals surface area contributed by atoms with Gasteiger partial charge in [0.05, 0.1) is 11.9 Å². The molecular formula is C24H17ClF6N2O5S. The van der Waals surface area contributed by atoms with E-state index in [1.807, 2.05) is 4.98 Å². The average molecular weight is 595 g/mol. The third kappa shape index (κ3) is 6.07. The van der Waals surface area contributed by atoms with Gasteiger partial charge in [0, 0.05) is 9.90 Å². The van der Waals surface area contributed by atoms with Crippen molar-refractivity contribution < 1.29 is 40.9 Å². The molecule has 0 unspecified atom stereocenters. The normalized spacial score (nSPS) is 13.1. The number of nitrogens with zero attached hydrogens (tertiary/aromatic N) is 1. The summed E-state index contributed by atoms with van der Waals surface area (Å²) in [5.41, 5.74) is -1.20. The molecule has 15 heteroatoms. The van der Waals surface area contributed by atoms with E-state index in [-0.39, 0.29) is 37.7 Å². The van der Waals surface area contributed by atoms with Crippen LogP contribution >= 0.6 is 22.9 Å². The summed E-state index contributed by atoms with van der Waals surface area (Å²) in [7, 11) is 0. The highest BCUT2D eigenvalue weighted by molar-refractivity contribution is 7.22. The van der Waals surface area contributed by atoms with Crippen LogP contribution < -0.4 is 20.7 Å². The van der Waals surface area contributed by atoms with Crippen molar-refractivity contribution in [2.45, 2.75) is 39.0 Å². The molecule has 4 aromatic rings. The lowest BCUT2D eigenvalue weighted by atomic mass is 10.1. The molecule has 0 fully saturated rings. The number of halogens is 7. The van der Waals surface area contributed by atoms with Crippen molar-refractivity contribution in [3.8, 4) is 27.7 Å². The van der Waals surface area contributed by atoms with E-state index in [0.717, 1.165) is 6.07 Å². The van der Waals surface area contributed by atoms with Crippen molar-refractivity contribution in [3.05, 3.63) is 73.4 Å².